The van der Waals surface area contributed by atoms with Crippen molar-refractivity contribution in [3.8, 4) is 0 Å². The number of esters is 1. The number of hydrogen-bond acceptors (Lipinski definition) is 6. The molecule has 0 radical (unpaired) electrons. The molecule has 3 saturated heterocycles. The summed E-state index contributed by atoms with van der Waals surface area (Å²) in [5, 5.41) is 12.4. The number of carbonyl (C=O) groups excluding carboxylic acids is 3. The van der Waals surface area contributed by atoms with E-state index in [1.54, 1.807) is 27.6 Å². The van der Waals surface area contributed by atoms with E-state index in [1.165, 1.54) is 6.08 Å². The van der Waals surface area contributed by atoms with Crippen molar-refractivity contribution in [2.45, 2.75) is 49.3 Å². The molecule has 212 valence electrons. The summed E-state index contributed by atoms with van der Waals surface area (Å²) in [5.74, 6) is -2.32. The van der Waals surface area contributed by atoms with Crippen LogP contribution in [0.2, 0.25) is 0 Å². The molecule has 3 fully saturated rings. The molecule has 3 aliphatic heterocycles. The smallest absolute Gasteiger partial charge is 0.311 e. The molecular weight excluding hydrogens is 524 g/mol. The van der Waals surface area contributed by atoms with Crippen LogP contribution < -0.4 is 4.90 Å². The number of amides is 2. The highest BCUT2D eigenvalue weighted by Gasteiger charge is 2.77. The van der Waals surface area contributed by atoms with Crippen molar-refractivity contribution in [2.24, 2.45) is 23.7 Å². The highest BCUT2D eigenvalue weighted by atomic mass is 32.2. The van der Waals surface area contributed by atoms with E-state index in [0.29, 0.717) is 12.1 Å². The molecule has 2 amide bonds. The van der Waals surface area contributed by atoms with Gasteiger partial charge in [-0.25, -0.2) is 0 Å². The second-order valence-electron chi connectivity index (χ2n) is 11.5. The summed E-state index contributed by atoms with van der Waals surface area (Å²) in [6, 6.07) is 12.4. The highest BCUT2D eigenvalue weighted by molar-refractivity contribution is 8.02. The molecule has 1 spiro atoms. The number of likely N-dealkylation sites (tertiary alicyclic amines) is 1. The van der Waals surface area contributed by atoms with Gasteiger partial charge in [0.15, 0.2) is 0 Å². The Morgan fingerprint density at radius 3 is 2.58 bits per heavy atom. The fraction of sp³-hybridized carbons (Fsp3) is 0.469. The lowest BCUT2D eigenvalue weighted by Gasteiger charge is -2.42. The number of ether oxygens (including phenoxy) is 1. The Bertz CT molecular complexity index is 1340. The summed E-state index contributed by atoms with van der Waals surface area (Å²) in [4.78, 5) is 45.9. The van der Waals surface area contributed by atoms with Crippen molar-refractivity contribution in [3.05, 3.63) is 67.8 Å². The van der Waals surface area contributed by atoms with Crippen LogP contribution in [0.15, 0.2) is 67.8 Å². The Labute approximate surface area is 240 Å². The summed E-state index contributed by atoms with van der Waals surface area (Å²) in [5.41, 5.74) is 0.716. The van der Waals surface area contributed by atoms with Crippen LogP contribution in [-0.2, 0) is 19.1 Å². The molecule has 3 heterocycles. The van der Waals surface area contributed by atoms with E-state index >= 15 is 0 Å². The molecule has 7 nitrogen and oxygen atoms in total. The molecule has 3 unspecified atom stereocenters. The maximum absolute atomic E-state index is 14.9. The fourth-order valence-corrected chi connectivity index (χ4v) is 9.56. The van der Waals surface area contributed by atoms with Gasteiger partial charge in [0.1, 0.15) is 12.6 Å². The van der Waals surface area contributed by atoms with Gasteiger partial charge in [-0.1, -0.05) is 69.8 Å². The van der Waals surface area contributed by atoms with E-state index in [0.717, 1.165) is 10.8 Å². The number of carbonyl (C=O) groups is 3. The third kappa shape index (κ3) is 4.27. The second kappa shape index (κ2) is 11.1. The van der Waals surface area contributed by atoms with E-state index < -0.39 is 34.6 Å². The molecule has 2 bridgehead atoms. The number of rotatable bonds is 10. The number of anilines is 1. The first-order valence-corrected chi connectivity index (χ1v) is 14.9. The number of nitrogens with zero attached hydrogens (tertiary/aromatic N) is 2. The van der Waals surface area contributed by atoms with Crippen molar-refractivity contribution in [2.75, 3.05) is 24.7 Å². The summed E-state index contributed by atoms with van der Waals surface area (Å²) in [7, 11) is 0. The van der Waals surface area contributed by atoms with E-state index in [2.05, 4.69) is 20.1 Å². The zero-order valence-corrected chi connectivity index (χ0v) is 24.2. The van der Waals surface area contributed by atoms with Crippen LogP contribution in [0.5, 0.6) is 0 Å². The van der Waals surface area contributed by atoms with Gasteiger partial charge in [0.05, 0.1) is 29.2 Å². The quantitative estimate of drug-likeness (QED) is 0.340. The van der Waals surface area contributed by atoms with Crippen LogP contribution in [-0.4, -0.2) is 69.6 Å². The Morgan fingerprint density at radius 2 is 1.93 bits per heavy atom. The zero-order valence-electron chi connectivity index (χ0n) is 23.4. The van der Waals surface area contributed by atoms with Gasteiger partial charge in [0.25, 0.3) is 5.91 Å². The number of hydrogen-bond donors (Lipinski definition) is 1. The summed E-state index contributed by atoms with van der Waals surface area (Å²) < 4.78 is 4.67. The molecule has 7 atom stereocenters. The lowest BCUT2D eigenvalue weighted by atomic mass is 9.66. The van der Waals surface area contributed by atoms with Crippen LogP contribution in [0.3, 0.4) is 0 Å². The molecule has 5 rings (SSSR count). The standard InChI is InChI=1S/C32H38N2O5S/c1-6-14-33(23-13-12-21-10-8-9-11-22(21)17-23)30(37)28-32-20(5)16-25(40-32)26(31(38)39-15-7-2)27(32)29(36)34(28)24(18-35)19(3)4/h6-13,17,19-20,24-28,35H,1-2,14-16,18H2,3-5H3/t20?,24-,25+,26-,27-,28?,32?/m0/s1. The number of aliphatic hydroxyl groups excluding tert-OH is 1. The van der Waals surface area contributed by atoms with Gasteiger partial charge in [0, 0.05) is 17.5 Å². The van der Waals surface area contributed by atoms with Gasteiger partial charge in [-0.3, -0.25) is 14.4 Å². The van der Waals surface area contributed by atoms with Crippen LogP contribution in [0.4, 0.5) is 5.69 Å². The lowest BCUT2D eigenvalue weighted by molar-refractivity contribution is -0.154. The highest BCUT2D eigenvalue weighted by Crippen LogP contribution is 2.69. The maximum Gasteiger partial charge on any atom is 0.311 e. The molecule has 40 heavy (non-hydrogen) atoms. The lowest BCUT2D eigenvalue weighted by Crippen LogP contribution is -2.60. The second-order valence-corrected chi connectivity index (χ2v) is 13.0. The monoisotopic (exact) mass is 562 g/mol. The number of benzene rings is 2. The van der Waals surface area contributed by atoms with E-state index in [1.807, 2.05) is 56.3 Å². The van der Waals surface area contributed by atoms with Gasteiger partial charge in [-0.15, -0.1) is 18.3 Å². The summed E-state index contributed by atoms with van der Waals surface area (Å²) in [6.45, 7) is 13.6. The largest absolute Gasteiger partial charge is 0.461 e. The summed E-state index contributed by atoms with van der Waals surface area (Å²) >= 11 is 1.60. The minimum Gasteiger partial charge on any atom is -0.461 e. The van der Waals surface area contributed by atoms with E-state index in [-0.39, 0.29) is 48.7 Å². The van der Waals surface area contributed by atoms with Crippen LogP contribution >= 0.6 is 11.8 Å². The average molecular weight is 563 g/mol. The summed E-state index contributed by atoms with van der Waals surface area (Å²) in [6.07, 6.45) is 3.92. The van der Waals surface area contributed by atoms with Crippen molar-refractivity contribution in [1.82, 2.24) is 4.90 Å². The Hall–Kier alpha value is -3.10. The maximum atomic E-state index is 14.9. The molecule has 0 aliphatic carbocycles. The van der Waals surface area contributed by atoms with Gasteiger partial charge in [-0.05, 0) is 41.2 Å². The SMILES string of the molecule is C=CCOC(=O)[C@@H]1[C@H]2C(=O)N([C@@H](CO)C(C)C)C(C(=O)N(CC=C)c3ccc4ccccc4c3)C23S[C@@H]1CC3C. The number of thioether (sulfide) groups is 1. The molecule has 2 aromatic rings. The zero-order chi connectivity index (χ0) is 28.8. The Morgan fingerprint density at radius 1 is 1.20 bits per heavy atom. The van der Waals surface area contributed by atoms with E-state index in [9.17, 15) is 19.5 Å². The first kappa shape index (κ1) is 28.4. The van der Waals surface area contributed by atoms with Gasteiger partial charge < -0.3 is 19.6 Å². The predicted octanol–water partition coefficient (Wildman–Crippen LogP) is 4.44. The normalized spacial score (nSPS) is 29.5. The molecule has 0 saturated carbocycles. The third-order valence-corrected chi connectivity index (χ3v) is 11.0. The van der Waals surface area contributed by atoms with Crippen LogP contribution in [0, 0.1) is 23.7 Å². The first-order chi connectivity index (χ1) is 19.2. The minimum absolute atomic E-state index is 0.00699. The van der Waals surface area contributed by atoms with Crippen LogP contribution in [0.25, 0.3) is 10.8 Å². The molecule has 2 aromatic carbocycles. The fourth-order valence-electron chi connectivity index (χ4n) is 7.17. The average Bonchev–Trinajstić information content (AvgIpc) is 3.54. The van der Waals surface area contributed by atoms with E-state index in [4.69, 9.17) is 4.74 Å². The molecular formula is C32H38N2O5S. The molecule has 3 aliphatic rings. The minimum atomic E-state index is -0.849. The van der Waals surface area contributed by atoms with Gasteiger partial charge >= 0.3 is 5.97 Å². The first-order valence-electron chi connectivity index (χ1n) is 14.0. The van der Waals surface area contributed by atoms with Gasteiger partial charge in [0.2, 0.25) is 5.91 Å². The molecule has 0 aromatic heterocycles. The van der Waals surface area contributed by atoms with Crippen molar-refractivity contribution >= 4 is 46.0 Å². The molecule has 8 heteroatoms. The van der Waals surface area contributed by atoms with Crippen molar-refractivity contribution in [3.63, 3.8) is 0 Å². The Balaban J connectivity index is 1.64. The predicted molar refractivity (Wildman–Crippen MR) is 159 cm³/mol. The topological polar surface area (TPSA) is 87.1 Å². The van der Waals surface area contributed by atoms with Crippen molar-refractivity contribution < 1.29 is 24.2 Å². The number of fused-ring (bicyclic) bond motifs is 2. The van der Waals surface area contributed by atoms with Crippen molar-refractivity contribution in [1.29, 1.82) is 0 Å². The third-order valence-electron chi connectivity index (χ3n) is 8.97. The number of aliphatic hydroxyl groups is 1. The molecule has 1 N–H and O–H groups in total. The van der Waals surface area contributed by atoms with Gasteiger partial charge in [-0.2, -0.15) is 0 Å². The Kier molecular flexibility index (Phi) is 7.86. The van der Waals surface area contributed by atoms with Crippen LogP contribution in [0.1, 0.15) is 27.2 Å².